The molecular weight excluding hydrogens is 370 g/mol. The van der Waals surface area contributed by atoms with Gasteiger partial charge in [0.15, 0.2) is 0 Å². The number of rotatable bonds is 4. The van der Waals surface area contributed by atoms with E-state index >= 15 is 0 Å². The molecule has 1 aromatic rings. The van der Waals surface area contributed by atoms with Gasteiger partial charge in [0.2, 0.25) is 0 Å². The van der Waals surface area contributed by atoms with E-state index in [1.807, 2.05) is 25.1 Å². The van der Waals surface area contributed by atoms with Crippen LogP contribution < -0.4 is 10.6 Å². The maximum Gasteiger partial charge on any atom is 0.263 e. The number of nitrogens with zero attached hydrogens (tertiary/aromatic N) is 1. The van der Waals surface area contributed by atoms with Crippen LogP contribution in [0.4, 0.5) is 5.69 Å². The van der Waals surface area contributed by atoms with E-state index in [2.05, 4.69) is 10.6 Å². The van der Waals surface area contributed by atoms with Crippen LogP contribution in [-0.2, 0) is 4.79 Å². The van der Waals surface area contributed by atoms with Crippen molar-refractivity contribution >= 4 is 23.2 Å². The molecule has 2 rings (SSSR count). The molecule has 28 heavy (non-hydrogen) atoms. The summed E-state index contributed by atoms with van der Waals surface area (Å²) in [6.45, 7) is 1.93. The fourth-order valence-electron chi connectivity index (χ4n) is 3.66. The van der Waals surface area contributed by atoms with Gasteiger partial charge in [-0.25, -0.2) is 0 Å². The molecule has 0 atom stereocenters. The molecule has 1 aliphatic rings. The van der Waals surface area contributed by atoms with Gasteiger partial charge in [-0.15, -0.1) is 0 Å². The van der Waals surface area contributed by atoms with E-state index in [1.54, 1.807) is 6.07 Å². The van der Waals surface area contributed by atoms with E-state index in [9.17, 15) is 10.1 Å². The maximum atomic E-state index is 12.6. The Bertz CT molecular complexity index is 696. The summed E-state index contributed by atoms with van der Waals surface area (Å²) in [7, 11) is 0. The highest BCUT2D eigenvalue weighted by molar-refractivity contribution is 6.30. The SMILES string of the molecule is Cc1cc(Cl)ccc1N/C=C(/C#N)C(=O)NC1CCCCCCCCCCC1. The molecule has 0 radical (unpaired) electrons. The van der Waals surface area contributed by atoms with Crippen molar-refractivity contribution in [2.45, 2.75) is 83.6 Å². The Morgan fingerprint density at radius 2 is 1.64 bits per heavy atom. The monoisotopic (exact) mass is 401 g/mol. The van der Waals surface area contributed by atoms with Gasteiger partial charge in [-0.3, -0.25) is 4.79 Å². The molecule has 1 amide bonds. The topological polar surface area (TPSA) is 64.9 Å². The number of amides is 1. The molecule has 1 fully saturated rings. The first kappa shape index (κ1) is 22.3. The molecular formula is C23H32ClN3O. The smallest absolute Gasteiger partial charge is 0.263 e. The van der Waals surface area contributed by atoms with Gasteiger partial charge in [0.1, 0.15) is 11.6 Å². The number of halogens is 1. The van der Waals surface area contributed by atoms with Crippen molar-refractivity contribution in [2.24, 2.45) is 0 Å². The van der Waals surface area contributed by atoms with Gasteiger partial charge in [-0.05, 0) is 43.5 Å². The zero-order valence-corrected chi connectivity index (χ0v) is 17.7. The van der Waals surface area contributed by atoms with Crippen LogP contribution in [0.3, 0.4) is 0 Å². The molecule has 0 heterocycles. The molecule has 0 aliphatic heterocycles. The third kappa shape index (κ3) is 7.94. The first-order chi connectivity index (χ1) is 13.6. The lowest BCUT2D eigenvalue weighted by atomic mass is 9.98. The van der Waals surface area contributed by atoms with Crippen LogP contribution in [0.25, 0.3) is 0 Å². The Kier molecular flexibility index (Phi) is 9.93. The minimum atomic E-state index is -0.293. The zero-order chi connectivity index (χ0) is 20.2. The molecule has 0 aromatic heterocycles. The molecule has 4 nitrogen and oxygen atoms in total. The van der Waals surface area contributed by atoms with E-state index < -0.39 is 0 Å². The second-order valence-electron chi connectivity index (χ2n) is 7.70. The van der Waals surface area contributed by atoms with Crippen molar-refractivity contribution in [2.75, 3.05) is 5.32 Å². The Morgan fingerprint density at radius 1 is 1.07 bits per heavy atom. The summed E-state index contributed by atoms with van der Waals surface area (Å²) in [6.07, 6.45) is 14.8. The number of nitriles is 1. The predicted molar refractivity (Wildman–Crippen MR) is 116 cm³/mol. The highest BCUT2D eigenvalue weighted by Gasteiger charge is 2.16. The molecule has 0 unspecified atom stereocenters. The van der Waals surface area contributed by atoms with Gasteiger partial charge in [0.05, 0.1) is 0 Å². The van der Waals surface area contributed by atoms with E-state index in [-0.39, 0.29) is 17.5 Å². The lowest BCUT2D eigenvalue weighted by molar-refractivity contribution is -0.117. The molecule has 1 aliphatic carbocycles. The van der Waals surface area contributed by atoms with Crippen molar-refractivity contribution in [3.63, 3.8) is 0 Å². The minimum absolute atomic E-state index is 0.0977. The van der Waals surface area contributed by atoms with Gasteiger partial charge in [0.25, 0.3) is 5.91 Å². The van der Waals surface area contributed by atoms with Gasteiger partial charge in [-0.2, -0.15) is 5.26 Å². The molecule has 0 spiro atoms. The summed E-state index contributed by atoms with van der Waals surface area (Å²) in [6, 6.07) is 7.64. The fraction of sp³-hybridized carbons (Fsp3) is 0.565. The van der Waals surface area contributed by atoms with Gasteiger partial charge in [0, 0.05) is 23.0 Å². The first-order valence-electron chi connectivity index (χ1n) is 10.5. The quantitative estimate of drug-likeness (QED) is 0.462. The summed E-state index contributed by atoms with van der Waals surface area (Å²) >= 11 is 5.97. The van der Waals surface area contributed by atoms with E-state index in [1.165, 1.54) is 51.1 Å². The number of anilines is 1. The van der Waals surface area contributed by atoms with Crippen molar-refractivity contribution in [1.82, 2.24) is 5.32 Å². The molecule has 0 bridgehead atoms. The minimum Gasteiger partial charge on any atom is -0.360 e. The van der Waals surface area contributed by atoms with Crippen molar-refractivity contribution in [3.05, 3.63) is 40.6 Å². The second-order valence-corrected chi connectivity index (χ2v) is 8.14. The van der Waals surface area contributed by atoms with Crippen LogP contribution in [0.1, 0.15) is 76.2 Å². The Hall–Kier alpha value is -1.99. The largest absolute Gasteiger partial charge is 0.360 e. The Balaban J connectivity index is 1.94. The number of nitrogens with one attached hydrogen (secondary N) is 2. The van der Waals surface area contributed by atoms with Crippen LogP contribution in [0.5, 0.6) is 0 Å². The second kappa shape index (κ2) is 12.5. The lowest BCUT2D eigenvalue weighted by Gasteiger charge is -2.19. The molecule has 1 aromatic carbocycles. The van der Waals surface area contributed by atoms with Crippen molar-refractivity contribution in [3.8, 4) is 6.07 Å². The van der Waals surface area contributed by atoms with Crippen LogP contribution in [0.2, 0.25) is 5.02 Å². The Labute approximate surface area is 174 Å². The molecule has 5 heteroatoms. The van der Waals surface area contributed by atoms with E-state index in [4.69, 9.17) is 11.6 Å². The number of benzene rings is 1. The number of carbonyl (C=O) groups is 1. The number of aryl methyl sites for hydroxylation is 1. The third-order valence-electron chi connectivity index (χ3n) is 5.37. The number of carbonyl (C=O) groups excluding carboxylic acids is 1. The normalized spacial score (nSPS) is 17.7. The average molecular weight is 402 g/mol. The molecule has 152 valence electrons. The first-order valence-corrected chi connectivity index (χ1v) is 10.9. The third-order valence-corrected chi connectivity index (χ3v) is 5.60. The fourth-order valence-corrected chi connectivity index (χ4v) is 3.88. The summed E-state index contributed by atoms with van der Waals surface area (Å²) in [5, 5.41) is 16.2. The average Bonchev–Trinajstić information content (AvgIpc) is 2.66. The highest BCUT2D eigenvalue weighted by Crippen LogP contribution is 2.20. The lowest BCUT2D eigenvalue weighted by Crippen LogP contribution is -2.35. The summed E-state index contributed by atoms with van der Waals surface area (Å²) in [5.74, 6) is -0.293. The number of hydrogen-bond acceptors (Lipinski definition) is 3. The van der Waals surface area contributed by atoms with Crippen LogP contribution in [-0.4, -0.2) is 11.9 Å². The van der Waals surface area contributed by atoms with Gasteiger partial charge in [-0.1, -0.05) is 69.4 Å². The summed E-state index contributed by atoms with van der Waals surface area (Å²) in [5.41, 5.74) is 1.89. The van der Waals surface area contributed by atoms with Crippen LogP contribution in [0.15, 0.2) is 30.0 Å². The molecule has 0 saturated heterocycles. The van der Waals surface area contributed by atoms with Crippen LogP contribution in [0, 0.1) is 18.3 Å². The van der Waals surface area contributed by atoms with Gasteiger partial charge < -0.3 is 10.6 Å². The maximum absolute atomic E-state index is 12.6. The van der Waals surface area contributed by atoms with Crippen LogP contribution >= 0.6 is 11.6 Å². The Morgan fingerprint density at radius 3 is 2.18 bits per heavy atom. The summed E-state index contributed by atoms with van der Waals surface area (Å²) in [4.78, 5) is 12.6. The number of hydrogen-bond donors (Lipinski definition) is 2. The van der Waals surface area contributed by atoms with Crippen molar-refractivity contribution < 1.29 is 4.79 Å². The van der Waals surface area contributed by atoms with Crippen molar-refractivity contribution in [1.29, 1.82) is 5.26 Å². The molecule has 2 N–H and O–H groups in total. The summed E-state index contributed by atoms with van der Waals surface area (Å²) < 4.78 is 0. The predicted octanol–water partition coefficient (Wildman–Crippen LogP) is 6.26. The standard InChI is InChI=1S/C23H32ClN3O/c1-18-15-20(24)13-14-22(18)26-17-19(16-25)23(28)27-21-11-9-7-5-3-2-4-6-8-10-12-21/h13-15,17,21,26H,2-12H2,1H3,(H,27,28)/b19-17-. The van der Waals surface area contributed by atoms with E-state index in [0.717, 1.165) is 36.9 Å². The zero-order valence-electron chi connectivity index (χ0n) is 16.9. The van der Waals surface area contributed by atoms with E-state index in [0.29, 0.717) is 5.02 Å². The highest BCUT2D eigenvalue weighted by atomic mass is 35.5. The molecule has 1 saturated carbocycles. The van der Waals surface area contributed by atoms with Gasteiger partial charge >= 0.3 is 0 Å².